The molecule has 1 amide bonds. The molecule has 0 aliphatic carbocycles. The second kappa shape index (κ2) is 6.31. The highest BCUT2D eigenvalue weighted by molar-refractivity contribution is 9.10. The molecule has 1 unspecified atom stereocenters. The van der Waals surface area contributed by atoms with Crippen molar-refractivity contribution >= 4 is 21.8 Å². The summed E-state index contributed by atoms with van der Waals surface area (Å²) in [5, 5.41) is 6.22. The number of morpholine rings is 1. The van der Waals surface area contributed by atoms with Crippen LogP contribution in [0.3, 0.4) is 0 Å². The smallest absolute Gasteiger partial charge is 0.251 e. The predicted octanol–water partition coefficient (Wildman–Crippen LogP) is 1.48. The van der Waals surface area contributed by atoms with E-state index in [1.807, 2.05) is 25.1 Å². The molecule has 0 saturated carbocycles. The Morgan fingerprint density at radius 1 is 1.61 bits per heavy atom. The summed E-state index contributed by atoms with van der Waals surface area (Å²) < 4.78 is 6.35. The highest BCUT2D eigenvalue weighted by atomic mass is 79.9. The Bertz CT molecular complexity index is 431. The average molecular weight is 313 g/mol. The van der Waals surface area contributed by atoms with Gasteiger partial charge in [0.25, 0.3) is 5.91 Å². The maximum atomic E-state index is 12.0. The van der Waals surface area contributed by atoms with Crippen molar-refractivity contribution in [1.29, 1.82) is 0 Å². The fraction of sp³-hybridized carbons (Fsp3) is 0.462. The lowest BCUT2D eigenvalue weighted by molar-refractivity contribution is 0.0734. The molecule has 98 valence electrons. The number of hydrogen-bond donors (Lipinski definition) is 2. The van der Waals surface area contributed by atoms with Crippen LogP contribution in [-0.4, -0.2) is 38.3 Å². The van der Waals surface area contributed by atoms with E-state index in [0.717, 1.165) is 23.2 Å². The molecule has 1 atom stereocenters. The normalized spacial score (nSPS) is 19.6. The van der Waals surface area contributed by atoms with Gasteiger partial charge in [-0.25, -0.2) is 0 Å². The number of carbonyl (C=O) groups excluding carboxylic acids is 1. The van der Waals surface area contributed by atoms with Crippen LogP contribution in [0, 0.1) is 6.92 Å². The standard InChI is InChI=1S/C13H17BrN2O2/c1-9-6-10(2-3-12(9)14)13(17)16-7-11-8-18-5-4-15-11/h2-3,6,11,15H,4-5,7-8H2,1H3,(H,16,17). The van der Waals surface area contributed by atoms with Gasteiger partial charge in [0.15, 0.2) is 0 Å². The molecule has 1 fully saturated rings. The highest BCUT2D eigenvalue weighted by Crippen LogP contribution is 2.16. The van der Waals surface area contributed by atoms with Gasteiger partial charge in [0.05, 0.1) is 13.2 Å². The third-order valence-electron chi connectivity index (χ3n) is 2.93. The van der Waals surface area contributed by atoms with Gasteiger partial charge in [0, 0.05) is 29.2 Å². The molecule has 1 aliphatic heterocycles. The van der Waals surface area contributed by atoms with Crippen molar-refractivity contribution in [1.82, 2.24) is 10.6 Å². The van der Waals surface area contributed by atoms with E-state index in [-0.39, 0.29) is 11.9 Å². The largest absolute Gasteiger partial charge is 0.378 e. The highest BCUT2D eigenvalue weighted by Gasteiger charge is 2.14. The molecule has 5 heteroatoms. The van der Waals surface area contributed by atoms with E-state index in [1.165, 1.54) is 0 Å². The summed E-state index contributed by atoms with van der Waals surface area (Å²) in [6.45, 7) is 4.80. The maximum Gasteiger partial charge on any atom is 0.251 e. The number of hydrogen-bond acceptors (Lipinski definition) is 3. The van der Waals surface area contributed by atoms with E-state index >= 15 is 0 Å². The number of ether oxygens (including phenoxy) is 1. The quantitative estimate of drug-likeness (QED) is 0.889. The van der Waals surface area contributed by atoms with E-state index < -0.39 is 0 Å². The van der Waals surface area contributed by atoms with Crippen molar-refractivity contribution < 1.29 is 9.53 Å². The van der Waals surface area contributed by atoms with Crippen LogP contribution < -0.4 is 10.6 Å². The molecule has 1 aliphatic rings. The minimum Gasteiger partial charge on any atom is -0.378 e. The van der Waals surface area contributed by atoms with E-state index in [2.05, 4.69) is 26.6 Å². The maximum absolute atomic E-state index is 12.0. The predicted molar refractivity (Wildman–Crippen MR) is 73.8 cm³/mol. The van der Waals surface area contributed by atoms with Crippen LogP contribution in [0.1, 0.15) is 15.9 Å². The molecule has 1 aromatic carbocycles. The summed E-state index contributed by atoms with van der Waals surface area (Å²) in [6, 6.07) is 5.80. The van der Waals surface area contributed by atoms with Crippen LogP contribution in [0.4, 0.5) is 0 Å². The molecule has 2 N–H and O–H groups in total. The molecule has 1 heterocycles. The first-order valence-corrected chi connectivity index (χ1v) is 6.81. The number of halogens is 1. The fourth-order valence-electron chi connectivity index (χ4n) is 1.85. The molecular weight excluding hydrogens is 296 g/mol. The van der Waals surface area contributed by atoms with Crippen molar-refractivity contribution in [3.63, 3.8) is 0 Å². The van der Waals surface area contributed by atoms with Crippen molar-refractivity contribution in [2.24, 2.45) is 0 Å². The zero-order valence-electron chi connectivity index (χ0n) is 10.3. The summed E-state index contributed by atoms with van der Waals surface area (Å²) in [6.07, 6.45) is 0. The summed E-state index contributed by atoms with van der Waals surface area (Å²) in [5.74, 6) is -0.0435. The molecule has 1 aromatic rings. The van der Waals surface area contributed by atoms with Gasteiger partial charge in [-0.2, -0.15) is 0 Å². The van der Waals surface area contributed by atoms with Crippen molar-refractivity contribution in [2.45, 2.75) is 13.0 Å². The molecule has 2 rings (SSSR count). The van der Waals surface area contributed by atoms with Crippen LogP contribution in [0.2, 0.25) is 0 Å². The zero-order chi connectivity index (χ0) is 13.0. The number of carbonyl (C=O) groups is 1. The Morgan fingerprint density at radius 2 is 2.44 bits per heavy atom. The Labute approximate surface area is 115 Å². The van der Waals surface area contributed by atoms with Gasteiger partial charge in [-0.05, 0) is 30.7 Å². The van der Waals surface area contributed by atoms with Crippen LogP contribution in [0.25, 0.3) is 0 Å². The van der Waals surface area contributed by atoms with Crippen molar-refractivity contribution in [3.05, 3.63) is 33.8 Å². The first-order valence-electron chi connectivity index (χ1n) is 6.02. The van der Waals surface area contributed by atoms with Gasteiger partial charge in [0.2, 0.25) is 0 Å². The lowest BCUT2D eigenvalue weighted by Crippen LogP contribution is -2.48. The topological polar surface area (TPSA) is 50.4 Å². The molecule has 18 heavy (non-hydrogen) atoms. The Hall–Kier alpha value is -0.910. The van der Waals surface area contributed by atoms with E-state index in [0.29, 0.717) is 18.7 Å². The zero-order valence-corrected chi connectivity index (χ0v) is 11.9. The minimum atomic E-state index is -0.0435. The monoisotopic (exact) mass is 312 g/mol. The first kappa shape index (κ1) is 13.5. The van der Waals surface area contributed by atoms with Gasteiger partial charge >= 0.3 is 0 Å². The van der Waals surface area contributed by atoms with Gasteiger partial charge in [0.1, 0.15) is 0 Å². The molecule has 4 nitrogen and oxygen atoms in total. The van der Waals surface area contributed by atoms with E-state index in [4.69, 9.17) is 4.74 Å². The number of amides is 1. The fourth-order valence-corrected chi connectivity index (χ4v) is 2.10. The summed E-state index contributed by atoms with van der Waals surface area (Å²) in [7, 11) is 0. The summed E-state index contributed by atoms with van der Waals surface area (Å²) in [5.41, 5.74) is 1.74. The molecule has 1 saturated heterocycles. The lowest BCUT2D eigenvalue weighted by atomic mass is 10.1. The minimum absolute atomic E-state index is 0.0435. The van der Waals surface area contributed by atoms with E-state index in [9.17, 15) is 4.79 Å². The number of benzene rings is 1. The van der Waals surface area contributed by atoms with Gasteiger partial charge < -0.3 is 15.4 Å². The van der Waals surface area contributed by atoms with Gasteiger partial charge in [-0.15, -0.1) is 0 Å². The van der Waals surface area contributed by atoms with Crippen LogP contribution >= 0.6 is 15.9 Å². The average Bonchev–Trinajstić information content (AvgIpc) is 2.40. The van der Waals surface area contributed by atoms with Crippen LogP contribution in [0.15, 0.2) is 22.7 Å². The third-order valence-corrected chi connectivity index (χ3v) is 3.82. The molecule has 0 spiro atoms. The molecule has 0 aromatic heterocycles. The summed E-state index contributed by atoms with van der Waals surface area (Å²) >= 11 is 3.42. The second-order valence-corrected chi connectivity index (χ2v) is 5.25. The second-order valence-electron chi connectivity index (χ2n) is 4.40. The van der Waals surface area contributed by atoms with Crippen molar-refractivity contribution in [3.8, 4) is 0 Å². The third kappa shape index (κ3) is 3.54. The van der Waals surface area contributed by atoms with Crippen molar-refractivity contribution in [2.75, 3.05) is 26.3 Å². The van der Waals surface area contributed by atoms with Gasteiger partial charge in [-0.3, -0.25) is 4.79 Å². The first-order chi connectivity index (χ1) is 8.66. The van der Waals surface area contributed by atoms with Crippen LogP contribution in [-0.2, 0) is 4.74 Å². The number of nitrogens with one attached hydrogen (secondary N) is 2. The molecule has 0 bridgehead atoms. The molecule has 0 radical (unpaired) electrons. The Morgan fingerprint density at radius 3 is 3.11 bits per heavy atom. The Kier molecular flexibility index (Phi) is 4.74. The summed E-state index contributed by atoms with van der Waals surface area (Å²) in [4.78, 5) is 12.0. The van der Waals surface area contributed by atoms with Gasteiger partial charge in [-0.1, -0.05) is 15.9 Å². The lowest BCUT2D eigenvalue weighted by Gasteiger charge is -2.23. The van der Waals surface area contributed by atoms with E-state index in [1.54, 1.807) is 0 Å². The SMILES string of the molecule is Cc1cc(C(=O)NCC2COCCN2)ccc1Br. The number of aryl methyl sites for hydroxylation is 1. The molecular formula is C13H17BrN2O2. The Balaban J connectivity index is 1.88. The number of rotatable bonds is 3. The van der Waals surface area contributed by atoms with Crippen LogP contribution in [0.5, 0.6) is 0 Å².